The first-order valence-corrected chi connectivity index (χ1v) is 10.1. The predicted molar refractivity (Wildman–Crippen MR) is 104 cm³/mol. The van der Waals surface area contributed by atoms with Gasteiger partial charge < -0.3 is 5.32 Å². The van der Waals surface area contributed by atoms with Gasteiger partial charge in [0.1, 0.15) is 11.6 Å². The Morgan fingerprint density at radius 3 is 2.46 bits per heavy atom. The highest BCUT2D eigenvalue weighted by Crippen LogP contribution is 2.25. The van der Waals surface area contributed by atoms with Gasteiger partial charge in [0.05, 0.1) is 10.6 Å². The quantitative estimate of drug-likeness (QED) is 0.663. The number of nitrogens with zero attached hydrogens (tertiary/aromatic N) is 2. The highest BCUT2D eigenvalue weighted by molar-refractivity contribution is 7.90. The standard InChI is InChI=1S/C20H18FN3O3S/c1-13-17(12-28(26,27)19-5-3-18(21)4-6-19)9-16(11-23-13)15-7-8-22-20(10-15)24-14(2)25/h3-11H,12H2,1-2H3,(H,22,24,25). The molecule has 1 aromatic carbocycles. The summed E-state index contributed by atoms with van der Waals surface area (Å²) < 4.78 is 38.4. The largest absolute Gasteiger partial charge is 0.311 e. The molecule has 0 radical (unpaired) electrons. The molecule has 0 atom stereocenters. The first-order chi connectivity index (χ1) is 13.2. The minimum absolute atomic E-state index is 0.0514. The highest BCUT2D eigenvalue weighted by atomic mass is 32.2. The molecule has 28 heavy (non-hydrogen) atoms. The molecule has 0 fully saturated rings. The third-order valence-corrected chi connectivity index (χ3v) is 5.79. The van der Waals surface area contributed by atoms with Crippen molar-refractivity contribution in [1.29, 1.82) is 0 Å². The second kappa shape index (κ2) is 7.85. The van der Waals surface area contributed by atoms with Crippen molar-refractivity contribution in [2.24, 2.45) is 0 Å². The van der Waals surface area contributed by atoms with Crippen LogP contribution < -0.4 is 5.32 Å². The van der Waals surface area contributed by atoms with Gasteiger partial charge in [-0.1, -0.05) is 0 Å². The molecular formula is C20H18FN3O3S. The summed E-state index contributed by atoms with van der Waals surface area (Å²) in [5.41, 5.74) is 2.57. The molecule has 2 aromatic heterocycles. The van der Waals surface area contributed by atoms with Crippen molar-refractivity contribution in [1.82, 2.24) is 9.97 Å². The van der Waals surface area contributed by atoms with Crippen molar-refractivity contribution in [3.05, 3.63) is 71.9 Å². The number of carbonyl (C=O) groups is 1. The molecule has 1 amide bonds. The number of amides is 1. The van der Waals surface area contributed by atoms with Crippen LogP contribution in [0.4, 0.5) is 10.2 Å². The molecule has 0 saturated carbocycles. The average Bonchev–Trinajstić information content (AvgIpc) is 2.63. The predicted octanol–water partition coefficient (Wildman–Crippen LogP) is 3.52. The van der Waals surface area contributed by atoms with Gasteiger partial charge in [0.15, 0.2) is 9.84 Å². The second-order valence-corrected chi connectivity index (χ2v) is 8.28. The number of rotatable bonds is 5. The van der Waals surface area contributed by atoms with E-state index in [1.54, 1.807) is 37.5 Å². The van der Waals surface area contributed by atoms with E-state index in [1.165, 1.54) is 19.1 Å². The summed E-state index contributed by atoms with van der Waals surface area (Å²) in [6.45, 7) is 3.12. The van der Waals surface area contributed by atoms with E-state index in [0.29, 0.717) is 22.6 Å². The summed E-state index contributed by atoms with van der Waals surface area (Å²) in [6, 6.07) is 9.92. The smallest absolute Gasteiger partial charge is 0.222 e. The third kappa shape index (κ3) is 4.58. The van der Waals surface area contributed by atoms with Crippen LogP contribution in [0, 0.1) is 12.7 Å². The highest BCUT2D eigenvalue weighted by Gasteiger charge is 2.18. The minimum Gasteiger partial charge on any atom is -0.311 e. The Balaban J connectivity index is 1.94. The molecule has 0 saturated heterocycles. The fourth-order valence-electron chi connectivity index (χ4n) is 2.67. The van der Waals surface area contributed by atoms with Crippen molar-refractivity contribution in [3.63, 3.8) is 0 Å². The number of pyridine rings is 2. The van der Waals surface area contributed by atoms with Gasteiger partial charge in [-0.25, -0.2) is 17.8 Å². The molecule has 0 aliphatic rings. The molecule has 1 N–H and O–H groups in total. The number of benzene rings is 1. The summed E-state index contributed by atoms with van der Waals surface area (Å²) in [5.74, 6) is -0.593. The molecule has 3 rings (SSSR count). The van der Waals surface area contributed by atoms with E-state index in [4.69, 9.17) is 0 Å². The number of hydrogen-bond acceptors (Lipinski definition) is 5. The van der Waals surface area contributed by atoms with Crippen LogP contribution in [-0.4, -0.2) is 24.3 Å². The Bertz CT molecular complexity index is 1130. The van der Waals surface area contributed by atoms with Gasteiger partial charge in [-0.2, -0.15) is 0 Å². The molecule has 6 nitrogen and oxygen atoms in total. The summed E-state index contributed by atoms with van der Waals surface area (Å²) >= 11 is 0. The van der Waals surface area contributed by atoms with E-state index < -0.39 is 15.7 Å². The van der Waals surface area contributed by atoms with E-state index in [0.717, 1.165) is 17.7 Å². The van der Waals surface area contributed by atoms with Crippen LogP contribution >= 0.6 is 0 Å². The number of sulfone groups is 1. The summed E-state index contributed by atoms with van der Waals surface area (Å²) in [6.07, 6.45) is 3.19. The zero-order chi connectivity index (χ0) is 20.3. The number of nitrogens with one attached hydrogen (secondary N) is 1. The van der Waals surface area contributed by atoms with Gasteiger partial charge in [0, 0.05) is 30.6 Å². The number of halogens is 1. The molecule has 0 spiro atoms. The summed E-state index contributed by atoms with van der Waals surface area (Å²) in [4.78, 5) is 19.6. The van der Waals surface area contributed by atoms with Gasteiger partial charge in [-0.15, -0.1) is 0 Å². The zero-order valence-corrected chi connectivity index (χ0v) is 16.1. The van der Waals surface area contributed by atoms with Gasteiger partial charge in [0.25, 0.3) is 0 Å². The average molecular weight is 399 g/mol. The number of aromatic nitrogens is 2. The lowest BCUT2D eigenvalue weighted by atomic mass is 10.1. The number of carbonyl (C=O) groups excluding carboxylic acids is 1. The van der Waals surface area contributed by atoms with Crippen molar-refractivity contribution >= 4 is 21.6 Å². The van der Waals surface area contributed by atoms with E-state index >= 15 is 0 Å². The molecule has 0 aliphatic carbocycles. The molecule has 144 valence electrons. The number of aryl methyl sites for hydroxylation is 1. The Hall–Kier alpha value is -3.13. The molecule has 3 aromatic rings. The van der Waals surface area contributed by atoms with Crippen LogP contribution in [0.3, 0.4) is 0 Å². The Morgan fingerprint density at radius 1 is 1.07 bits per heavy atom. The zero-order valence-electron chi connectivity index (χ0n) is 15.3. The lowest BCUT2D eigenvalue weighted by Gasteiger charge is -2.10. The van der Waals surface area contributed by atoms with Crippen molar-refractivity contribution in [2.75, 3.05) is 5.32 Å². The molecule has 8 heteroatoms. The lowest BCUT2D eigenvalue weighted by Crippen LogP contribution is -2.08. The Labute approximate surface area is 162 Å². The van der Waals surface area contributed by atoms with E-state index in [-0.39, 0.29) is 16.6 Å². The molecule has 0 bridgehead atoms. The van der Waals surface area contributed by atoms with Gasteiger partial charge in [-0.3, -0.25) is 9.78 Å². The second-order valence-electron chi connectivity index (χ2n) is 6.29. The summed E-state index contributed by atoms with van der Waals surface area (Å²) in [7, 11) is -3.65. The maximum Gasteiger partial charge on any atom is 0.222 e. The lowest BCUT2D eigenvalue weighted by molar-refractivity contribution is -0.114. The van der Waals surface area contributed by atoms with Crippen LogP contribution in [0.15, 0.2) is 59.8 Å². The van der Waals surface area contributed by atoms with Gasteiger partial charge in [0.2, 0.25) is 5.91 Å². The van der Waals surface area contributed by atoms with Crippen molar-refractivity contribution in [2.45, 2.75) is 24.5 Å². The fraction of sp³-hybridized carbons (Fsp3) is 0.150. The third-order valence-electron chi connectivity index (χ3n) is 4.11. The van der Waals surface area contributed by atoms with Crippen LogP contribution in [0.2, 0.25) is 0 Å². The maximum absolute atomic E-state index is 13.1. The minimum atomic E-state index is -3.65. The van der Waals surface area contributed by atoms with Crippen LogP contribution in [-0.2, 0) is 20.4 Å². The number of anilines is 1. The fourth-order valence-corrected chi connectivity index (χ4v) is 4.09. The van der Waals surface area contributed by atoms with Gasteiger partial charge in [-0.05, 0) is 60.5 Å². The van der Waals surface area contributed by atoms with Crippen molar-refractivity contribution in [3.8, 4) is 11.1 Å². The van der Waals surface area contributed by atoms with E-state index in [1.807, 2.05) is 0 Å². The maximum atomic E-state index is 13.1. The van der Waals surface area contributed by atoms with Crippen molar-refractivity contribution < 1.29 is 17.6 Å². The van der Waals surface area contributed by atoms with E-state index in [2.05, 4.69) is 15.3 Å². The molecular weight excluding hydrogens is 381 g/mol. The summed E-state index contributed by atoms with van der Waals surface area (Å²) in [5, 5.41) is 2.61. The molecule has 0 unspecified atom stereocenters. The van der Waals surface area contributed by atoms with Crippen LogP contribution in [0.5, 0.6) is 0 Å². The van der Waals surface area contributed by atoms with Crippen LogP contribution in [0.25, 0.3) is 11.1 Å². The Kier molecular flexibility index (Phi) is 5.51. The topological polar surface area (TPSA) is 89.0 Å². The monoisotopic (exact) mass is 399 g/mol. The normalized spacial score (nSPS) is 11.2. The first kappa shape index (κ1) is 19.6. The van der Waals surface area contributed by atoms with E-state index in [9.17, 15) is 17.6 Å². The van der Waals surface area contributed by atoms with Crippen LogP contribution in [0.1, 0.15) is 18.2 Å². The van der Waals surface area contributed by atoms with Gasteiger partial charge >= 0.3 is 0 Å². The number of hydrogen-bond donors (Lipinski definition) is 1. The molecule has 0 aliphatic heterocycles. The Morgan fingerprint density at radius 2 is 1.79 bits per heavy atom. The SMILES string of the molecule is CC(=O)Nc1cc(-c2cnc(C)c(CS(=O)(=O)c3ccc(F)cc3)c2)ccn1. The first-order valence-electron chi connectivity index (χ1n) is 8.42. The molecule has 2 heterocycles.